The number of hydrogen-bond donors (Lipinski definition) is 1. The van der Waals surface area contributed by atoms with Crippen molar-refractivity contribution >= 4 is 27.1 Å². The Balaban J connectivity index is 1.33. The first-order valence-corrected chi connectivity index (χ1v) is 12.2. The molecule has 0 atom stereocenters. The largest absolute Gasteiger partial charge is 0.353 e. The predicted octanol–water partition coefficient (Wildman–Crippen LogP) is 2.37. The summed E-state index contributed by atoms with van der Waals surface area (Å²) < 4.78 is 30.3. The summed E-state index contributed by atoms with van der Waals surface area (Å²) in [6.45, 7) is 2.50. The summed E-state index contributed by atoms with van der Waals surface area (Å²) in [4.78, 5) is 14.2. The smallest absolute Gasteiger partial charge is 0.282 e. The fourth-order valence-electron chi connectivity index (χ4n) is 5.16. The minimum atomic E-state index is -3.44. The van der Waals surface area contributed by atoms with E-state index >= 15 is 0 Å². The number of nitrogens with one attached hydrogen (secondary N) is 1. The van der Waals surface area contributed by atoms with Crippen molar-refractivity contribution in [2.24, 2.45) is 5.92 Å². The lowest BCUT2D eigenvalue weighted by Crippen LogP contribution is -2.60. The van der Waals surface area contributed by atoms with Gasteiger partial charge in [-0.25, -0.2) is 9.97 Å². The predicted molar refractivity (Wildman–Crippen MR) is 113 cm³/mol. The molecule has 3 fully saturated rings. The number of piperazine rings is 1. The van der Waals surface area contributed by atoms with E-state index < -0.39 is 10.2 Å². The number of hydrogen-bond acceptors (Lipinski definition) is 5. The van der Waals surface area contributed by atoms with Crippen molar-refractivity contribution in [1.29, 1.82) is 0 Å². The molecule has 3 aliphatic rings. The summed E-state index contributed by atoms with van der Waals surface area (Å²) in [5, 5.41) is 0.994. The Bertz CT molecular complexity index is 980. The molecule has 2 saturated carbocycles. The molecule has 0 radical (unpaired) electrons. The van der Waals surface area contributed by atoms with E-state index in [4.69, 9.17) is 0 Å². The number of rotatable bonds is 5. The molecule has 2 aromatic rings. The highest BCUT2D eigenvalue weighted by molar-refractivity contribution is 7.86. The molecule has 1 spiro atoms. The van der Waals surface area contributed by atoms with Gasteiger partial charge >= 0.3 is 0 Å². The van der Waals surface area contributed by atoms with E-state index in [0.29, 0.717) is 32.1 Å². The second-order valence-electron chi connectivity index (χ2n) is 8.95. The van der Waals surface area contributed by atoms with Crippen LogP contribution in [0.5, 0.6) is 0 Å². The van der Waals surface area contributed by atoms with E-state index in [2.05, 4.69) is 19.9 Å². The second kappa shape index (κ2) is 7.21. The van der Waals surface area contributed by atoms with Crippen molar-refractivity contribution in [1.82, 2.24) is 23.6 Å². The Kier molecular flexibility index (Phi) is 4.79. The van der Waals surface area contributed by atoms with Crippen LogP contribution >= 0.6 is 0 Å². The van der Waals surface area contributed by atoms with Crippen LogP contribution in [-0.4, -0.2) is 70.7 Å². The molecule has 1 aliphatic heterocycles. The van der Waals surface area contributed by atoms with Crippen LogP contribution in [0.3, 0.4) is 0 Å². The molecule has 1 N–H and O–H groups in total. The molecule has 29 heavy (non-hydrogen) atoms. The zero-order chi connectivity index (χ0) is 20.1. The van der Waals surface area contributed by atoms with Gasteiger partial charge in [-0.15, -0.1) is 0 Å². The highest BCUT2D eigenvalue weighted by Crippen LogP contribution is 2.47. The van der Waals surface area contributed by atoms with Gasteiger partial charge in [-0.1, -0.05) is 19.3 Å². The molecule has 8 nitrogen and oxygen atoms in total. The molecule has 0 bridgehead atoms. The first-order chi connectivity index (χ1) is 14.0. The number of anilines is 1. The Morgan fingerprint density at radius 3 is 2.76 bits per heavy atom. The van der Waals surface area contributed by atoms with Crippen LogP contribution in [-0.2, 0) is 10.2 Å². The van der Waals surface area contributed by atoms with Crippen LogP contribution in [0.2, 0.25) is 0 Å². The average molecular weight is 419 g/mol. The van der Waals surface area contributed by atoms with Gasteiger partial charge in [-0.2, -0.15) is 17.0 Å². The van der Waals surface area contributed by atoms with Crippen LogP contribution in [0.4, 0.5) is 5.82 Å². The zero-order valence-corrected chi connectivity index (χ0v) is 17.9. The lowest BCUT2D eigenvalue weighted by atomic mass is 9.89. The van der Waals surface area contributed by atoms with Crippen molar-refractivity contribution in [3.05, 3.63) is 18.6 Å². The Morgan fingerprint density at radius 1 is 1.21 bits per heavy atom. The topological polar surface area (TPSA) is 85.4 Å². The standard InChI is InChI=1S/C20H30N6O2S/c1-24(13-16-5-3-2-4-6-16)29(27,28)26-12-11-25(14-20(26)8-9-20)19-17-7-10-21-18(17)22-15-23-19/h7,10,15-16H,2-6,8-9,11-14H2,1H3,(H,21,22,23). The van der Waals surface area contributed by atoms with Gasteiger partial charge in [0.1, 0.15) is 17.8 Å². The van der Waals surface area contributed by atoms with Gasteiger partial charge in [0.2, 0.25) is 0 Å². The summed E-state index contributed by atoms with van der Waals surface area (Å²) in [6.07, 6.45) is 11.3. The van der Waals surface area contributed by atoms with Crippen LogP contribution < -0.4 is 4.90 Å². The average Bonchev–Trinajstić information content (AvgIpc) is 3.29. The van der Waals surface area contributed by atoms with Gasteiger partial charge in [0.15, 0.2) is 0 Å². The van der Waals surface area contributed by atoms with E-state index in [1.54, 1.807) is 22.0 Å². The minimum absolute atomic E-state index is 0.286. The molecular formula is C20H30N6O2S. The SMILES string of the molecule is CN(CC1CCCCC1)S(=O)(=O)N1CCN(c2ncnc3[nH]ccc23)CC12CC2. The normalized spacial score (nSPS) is 23.3. The first kappa shape index (κ1) is 19.3. The van der Waals surface area contributed by atoms with Crippen molar-refractivity contribution in [2.45, 2.75) is 50.5 Å². The molecule has 3 heterocycles. The van der Waals surface area contributed by atoms with Crippen LogP contribution in [0.1, 0.15) is 44.9 Å². The fourth-order valence-corrected chi connectivity index (χ4v) is 6.94. The summed E-state index contributed by atoms with van der Waals surface area (Å²) in [7, 11) is -1.68. The van der Waals surface area contributed by atoms with Gasteiger partial charge in [0.25, 0.3) is 10.2 Å². The summed E-state index contributed by atoms with van der Waals surface area (Å²) in [6, 6.07) is 1.99. The van der Waals surface area contributed by atoms with Crippen molar-refractivity contribution < 1.29 is 8.42 Å². The highest BCUT2D eigenvalue weighted by Gasteiger charge is 2.56. The van der Waals surface area contributed by atoms with Gasteiger partial charge in [0.05, 0.1) is 10.9 Å². The Labute approximate surface area is 172 Å². The molecule has 0 aromatic carbocycles. The van der Waals surface area contributed by atoms with Crippen LogP contribution in [0.25, 0.3) is 11.0 Å². The molecule has 0 amide bonds. The van der Waals surface area contributed by atoms with E-state index in [-0.39, 0.29) is 5.54 Å². The van der Waals surface area contributed by atoms with E-state index in [9.17, 15) is 8.42 Å². The maximum Gasteiger partial charge on any atom is 0.282 e. The number of aromatic nitrogens is 3. The summed E-state index contributed by atoms with van der Waals surface area (Å²) in [5.41, 5.74) is 0.535. The maximum atomic E-state index is 13.4. The number of aromatic amines is 1. The Hall–Kier alpha value is -1.71. The third-order valence-electron chi connectivity index (χ3n) is 6.96. The monoisotopic (exact) mass is 418 g/mol. The number of H-pyrrole nitrogens is 1. The van der Waals surface area contributed by atoms with E-state index in [1.165, 1.54) is 19.3 Å². The lowest BCUT2D eigenvalue weighted by molar-refractivity contribution is 0.236. The van der Waals surface area contributed by atoms with Crippen molar-refractivity contribution in [3.63, 3.8) is 0 Å². The summed E-state index contributed by atoms with van der Waals surface area (Å²) >= 11 is 0. The van der Waals surface area contributed by atoms with E-state index in [0.717, 1.165) is 42.5 Å². The van der Waals surface area contributed by atoms with Gasteiger partial charge in [-0.3, -0.25) is 0 Å². The number of nitrogens with zero attached hydrogens (tertiary/aromatic N) is 5. The molecule has 2 aromatic heterocycles. The highest BCUT2D eigenvalue weighted by atomic mass is 32.2. The fraction of sp³-hybridized carbons (Fsp3) is 0.700. The molecule has 0 unspecified atom stereocenters. The molecule has 1 saturated heterocycles. The quantitative estimate of drug-likeness (QED) is 0.806. The number of fused-ring (bicyclic) bond motifs is 1. The van der Waals surface area contributed by atoms with E-state index in [1.807, 2.05) is 12.3 Å². The third kappa shape index (κ3) is 3.43. The maximum absolute atomic E-state index is 13.4. The minimum Gasteiger partial charge on any atom is -0.353 e. The second-order valence-corrected chi connectivity index (χ2v) is 10.9. The molecule has 5 rings (SSSR count). The molecule has 158 valence electrons. The summed E-state index contributed by atoms with van der Waals surface area (Å²) in [5.74, 6) is 1.40. The van der Waals surface area contributed by atoms with Crippen LogP contribution in [0.15, 0.2) is 18.6 Å². The molecule has 9 heteroatoms. The third-order valence-corrected chi connectivity index (χ3v) is 9.02. The van der Waals surface area contributed by atoms with Crippen LogP contribution in [0, 0.1) is 5.92 Å². The van der Waals surface area contributed by atoms with Gasteiger partial charge in [0, 0.05) is 39.4 Å². The zero-order valence-electron chi connectivity index (χ0n) is 17.0. The Morgan fingerprint density at radius 2 is 2.00 bits per heavy atom. The van der Waals surface area contributed by atoms with Crippen molar-refractivity contribution in [2.75, 3.05) is 38.1 Å². The molecular weight excluding hydrogens is 388 g/mol. The molecule has 2 aliphatic carbocycles. The van der Waals surface area contributed by atoms with Gasteiger partial charge < -0.3 is 9.88 Å². The lowest BCUT2D eigenvalue weighted by Gasteiger charge is -2.43. The van der Waals surface area contributed by atoms with Gasteiger partial charge in [-0.05, 0) is 37.7 Å². The first-order valence-electron chi connectivity index (χ1n) is 10.8. The van der Waals surface area contributed by atoms with Crippen molar-refractivity contribution in [3.8, 4) is 0 Å².